The number of nitrogens with zero attached hydrogens (tertiary/aromatic N) is 1. The van der Waals surface area contributed by atoms with E-state index in [9.17, 15) is 13.2 Å². The van der Waals surface area contributed by atoms with E-state index in [4.69, 9.17) is 5.11 Å². The average molecular weight is 255 g/mol. The molecule has 0 radical (unpaired) electrons. The predicted molar refractivity (Wildman–Crippen MR) is 61.3 cm³/mol. The van der Waals surface area contributed by atoms with Crippen LogP contribution in [0.1, 0.15) is 6.92 Å². The van der Waals surface area contributed by atoms with E-state index in [0.29, 0.717) is 0 Å². The van der Waals surface area contributed by atoms with E-state index in [1.54, 1.807) is 0 Å². The van der Waals surface area contributed by atoms with Crippen molar-refractivity contribution in [2.75, 3.05) is 13.1 Å². The third kappa shape index (κ3) is 2.12. The number of likely N-dealkylation sites (tertiary alicyclic amines) is 1. The minimum Gasteiger partial charge on any atom is -0.508 e. The fourth-order valence-electron chi connectivity index (χ4n) is 1.72. The summed E-state index contributed by atoms with van der Waals surface area (Å²) in [5.74, 6) is -0.0786. The van der Waals surface area contributed by atoms with E-state index in [1.807, 2.05) is 0 Å². The minimum absolute atomic E-state index is 0.0305. The monoisotopic (exact) mass is 255 g/mol. The van der Waals surface area contributed by atoms with E-state index in [1.165, 1.54) is 36.1 Å². The van der Waals surface area contributed by atoms with E-state index in [0.717, 1.165) is 0 Å². The molecule has 1 aliphatic rings. The number of phenols is 1. The van der Waals surface area contributed by atoms with Gasteiger partial charge in [0.05, 0.1) is 4.90 Å². The molecule has 0 unspecified atom stereocenters. The standard InChI is InChI=1S/C11H13NO4S/c1-8(13)12-6-11(7-12)17(15,16)10-4-2-9(14)3-5-10/h2-5,11,14H,6-7H2,1H3. The molecule has 17 heavy (non-hydrogen) atoms. The Kier molecular flexibility index (Phi) is 2.82. The molecule has 1 aliphatic heterocycles. The van der Waals surface area contributed by atoms with E-state index in [2.05, 4.69) is 0 Å². The van der Waals surface area contributed by atoms with E-state index >= 15 is 0 Å². The Morgan fingerprint density at radius 3 is 2.29 bits per heavy atom. The van der Waals surface area contributed by atoms with Crippen LogP contribution in [0.4, 0.5) is 0 Å². The summed E-state index contributed by atoms with van der Waals surface area (Å²) in [6.45, 7) is 1.92. The van der Waals surface area contributed by atoms with Gasteiger partial charge in [-0.15, -0.1) is 0 Å². The number of amides is 1. The molecular formula is C11H13NO4S. The predicted octanol–water partition coefficient (Wildman–Crippen LogP) is 0.397. The Morgan fingerprint density at radius 2 is 1.82 bits per heavy atom. The van der Waals surface area contributed by atoms with Crippen LogP contribution < -0.4 is 0 Å². The van der Waals surface area contributed by atoms with Crippen molar-refractivity contribution in [2.45, 2.75) is 17.1 Å². The molecule has 1 saturated heterocycles. The molecule has 92 valence electrons. The molecule has 5 nitrogen and oxygen atoms in total. The van der Waals surface area contributed by atoms with Gasteiger partial charge in [0.1, 0.15) is 11.0 Å². The van der Waals surface area contributed by atoms with Crippen LogP contribution in [0.3, 0.4) is 0 Å². The summed E-state index contributed by atoms with van der Waals surface area (Å²) in [6.07, 6.45) is 0. The Labute approximate surface area is 99.6 Å². The van der Waals surface area contributed by atoms with Gasteiger partial charge in [0, 0.05) is 20.0 Å². The second-order valence-corrected chi connectivity index (χ2v) is 6.31. The fraction of sp³-hybridized carbons (Fsp3) is 0.364. The first kappa shape index (κ1) is 11.9. The molecule has 2 rings (SSSR count). The number of carbonyl (C=O) groups excluding carboxylic acids is 1. The Balaban J connectivity index is 2.16. The van der Waals surface area contributed by atoms with Crippen LogP contribution in [0.2, 0.25) is 0 Å². The van der Waals surface area contributed by atoms with Gasteiger partial charge in [0.25, 0.3) is 0 Å². The first-order valence-corrected chi connectivity index (χ1v) is 6.74. The third-order valence-corrected chi connectivity index (χ3v) is 5.00. The van der Waals surface area contributed by atoms with Gasteiger partial charge < -0.3 is 10.0 Å². The van der Waals surface area contributed by atoms with Crippen LogP contribution in [0.25, 0.3) is 0 Å². The maximum atomic E-state index is 12.1. The highest BCUT2D eigenvalue weighted by atomic mass is 32.2. The number of aromatic hydroxyl groups is 1. The molecule has 6 heteroatoms. The van der Waals surface area contributed by atoms with Crippen molar-refractivity contribution in [2.24, 2.45) is 0 Å². The van der Waals surface area contributed by atoms with Crippen LogP contribution in [-0.2, 0) is 14.6 Å². The summed E-state index contributed by atoms with van der Waals surface area (Å²) < 4.78 is 24.1. The molecule has 0 atom stereocenters. The van der Waals surface area contributed by atoms with Gasteiger partial charge in [-0.05, 0) is 24.3 Å². The van der Waals surface area contributed by atoms with Crippen molar-refractivity contribution < 1.29 is 18.3 Å². The van der Waals surface area contributed by atoms with Crippen molar-refractivity contribution in [3.05, 3.63) is 24.3 Å². The SMILES string of the molecule is CC(=O)N1CC(S(=O)(=O)c2ccc(O)cc2)C1. The van der Waals surface area contributed by atoms with Gasteiger partial charge in [-0.1, -0.05) is 0 Å². The summed E-state index contributed by atoms with van der Waals surface area (Å²) in [7, 11) is -3.39. The zero-order valence-corrected chi connectivity index (χ0v) is 10.1. The van der Waals surface area contributed by atoms with Gasteiger partial charge in [-0.25, -0.2) is 8.42 Å². The molecule has 1 amide bonds. The molecular weight excluding hydrogens is 242 g/mol. The molecule has 1 N–H and O–H groups in total. The topological polar surface area (TPSA) is 74.7 Å². The maximum Gasteiger partial charge on any atom is 0.219 e. The fourth-order valence-corrected chi connectivity index (χ4v) is 3.37. The van der Waals surface area contributed by atoms with Gasteiger partial charge in [0.2, 0.25) is 5.91 Å². The van der Waals surface area contributed by atoms with Gasteiger partial charge in [0.15, 0.2) is 9.84 Å². The third-order valence-electron chi connectivity index (χ3n) is 2.90. The first-order chi connectivity index (χ1) is 7.91. The summed E-state index contributed by atoms with van der Waals surface area (Å²) in [5, 5.41) is 8.57. The van der Waals surface area contributed by atoms with Crippen molar-refractivity contribution in [1.29, 1.82) is 0 Å². The number of rotatable bonds is 2. The zero-order valence-electron chi connectivity index (χ0n) is 9.33. The molecule has 0 bridgehead atoms. The van der Waals surface area contributed by atoms with E-state index in [-0.39, 0.29) is 29.6 Å². The smallest absolute Gasteiger partial charge is 0.219 e. The highest BCUT2D eigenvalue weighted by Gasteiger charge is 2.39. The normalized spacial score (nSPS) is 16.6. The van der Waals surface area contributed by atoms with Crippen molar-refractivity contribution in [3.63, 3.8) is 0 Å². The maximum absolute atomic E-state index is 12.1. The molecule has 1 heterocycles. The Bertz CT molecular complexity index is 529. The number of hydrogen-bond acceptors (Lipinski definition) is 4. The molecule has 1 aromatic carbocycles. The second kappa shape index (κ2) is 4.03. The molecule has 1 aromatic rings. The number of benzene rings is 1. The number of phenolic OH excluding ortho intramolecular Hbond substituents is 1. The quantitative estimate of drug-likeness (QED) is 0.830. The Morgan fingerprint density at radius 1 is 1.29 bits per heavy atom. The Hall–Kier alpha value is -1.56. The molecule has 1 fully saturated rings. The lowest BCUT2D eigenvalue weighted by molar-refractivity contribution is -0.131. The van der Waals surface area contributed by atoms with Crippen molar-refractivity contribution in [1.82, 2.24) is 4.90 Å². The van der Waals surface area contributed by atoms with Gasteiger partial charge in [-0.2, -0.15) is 0 Å². The summed E-state index contributed by atoms with van der Waals surface area (Å²) >= 11 is 0. The highest BCUT2D eigenvalue weighted by Crippen LogP contribution is 2.24. The van der Waals surface area contributed by atoms with Crippen LogP contribution in [-0.4, -0.2) is 42.7 Å². The van der Waals surface area contributed by atoms with Gasteiger partial charge in [-0.3, -0.25) is 4.79 Å². The molecule has 0 spiro atoms. The lowest BCUT2D eigenvalue weighted by atomic mass is 10.2. The average Bonchev–Trinajstić information content (AvgIpc) is 2.14. The van der Waals surface area contributed by atoms with Crippen molar-refractivity contribution in [3.8, 4) is 5.75 Å². The lowest BCUT2D eigenvalue weighted by Crippen LogP contribution is -2.56. The molecule has 0 saturated carbocycles. The number of sulfone groups is 1. The summed E-state index contributed by atoms with van der Waals surface area (Å²) in [5.41, 5.74) is 0. The van der Waals surface area contributed by atoms with Crippen molar-refractivity contribution >= 4 is 15.7 Å². The largest absolute Gasteiger partial charge is 0.508 e. The first-order valence-electron chi connectivity index (χ1n) is 5.19. The lowest BCUT2D eigenvalue weighted by Gasteiger charge is -2.37. The van der Waals surface area contributed by atoms with Crippen LogP contribution in [0.5, 0.6) is 5.75 Å². The number of carbonyl (C=O) groups is 1. The van der Waals surface area contributed by atoms with Crippen LogP contribution in [0, 0.1) is 0 Å². The number of hydrogen-bond donors (Lipinski definition) is 1. The zero-order chi connectivity index (χ0) is 12.6. The van der Waals surface area contributed by atoms with Crippen LogP contribution in [0.15, 0.2) is 29.2 Å². The summed E-state index contributed by atoms with van der Waals surface area (Å²) in [4.78, 5) is 12.7. The van der Waals surface area contributed by atoms with E-state index < -0.39 is 15.1 Å². The van der Waals surface area contributed by atoms with Gasteiger partial charge >= 0.3 is 0 Å². The molecule has 0 aliphatic carbocycles. The highest BCUT2D eigenvalue weighted by molar-refractivity contribution is 7.92. The summed E-state index contributed by atoms with van der Waals surface area (Å²) in [6, 6.07) is 5.44. The minimum atomic E-state index is -3.39. The second-order valence-electron chi connectivity index (χ2n) is 4.08. The molecule has 0 aromatic heterocycles. The van der Waals surface area contributed by atoms with Crippen LogP contribution >= 0.6 is 0 Å².